The SMILES string of the molecule is CCCC(C)N(C)c1ccc(C(F)(F)F)cc1N. The normalized spacial score (nSPS) is 13.4. The first-order chi connectivity index (χ1) is 8.27. The van der Waals surface area contributed by atoms with E-state index in [9.17, 15) is 13.2 Å². The Kier molecular flexibility index (Phi) is 4.48. The van der Waals surface area contributed by atoms with Crippen molar-refractivity contribution in [1.82, 2.24) is 0 Å². The third-order valence-electron chi connectivity index (χ3n) is 3.10. The largest absolute Gasteiger partial charge is 0.416 e. The number of nitrogens with zero attached hydrogens (tertiary/aromatic N) is 1. The lowest BCUT2D eigenvalue weighted by atomic mass is 10.1. The average Bonchev–Trinajstić information content (AvgIpc) is 2.27. The van der Waals surface area contributed by atoms with Crippen molar-refractivity contribution in [3.63, 3.8) is 0 Å². The smallest absolute Gasteiger partial charge is 0.397 e. The van der Waals surface area contributed by atoms with Gasteiger partial charge in [-0.3, -0.25) is 0 Å². The van der Waals surface area contributed by atoms with Gasteiger partial charge < -0.3 is 10.6 Å². The fourth-order valence-electron chi connectivity index (χ4n) is 1.90. The highest BCUT2D eigenvalue weighted by Crippen LogP contribution is 2.34. The van der Waals surface area contributed by atoms with Crippen molar-refractivity contribution in [2.45, 2.75) is 38.9 Å². The van der Waals surface area contributed by atoms with Crippen molar-refractivity contribution in [2.24, 2.45) is 0 Å². The van der Waals surface area contributed by atoms with Crippen LogP contribution in [0.5, 0.6) is 0 Å². The van der Waals surface area contributed by atoms with Gasteiger partial charge in [0.2, 0.25) is 0 Å². The lowest BCUT2D eigenvalue weighted by molar-refractivity contribution is -0.137. The van der Waals surface area contributed by atoms with E-state index in [-0.39, 0.29) is 11.7 Å². The maximum atomic E-state index is 12.5. The molecule has 1 unspecified atom stereocenters. The zero-order valence-electron chi connectivity index (χ0n) is 10.9. The minimum Gasteiger partial charge on any atom is -0.397 e. The highest BCUT2D eigenvalue weighted by Gasteiger charge is 2.31. The monoisotopic (exact) mass is 260 g/mol. The summed E-state index contributed by atoms with van der Waals surface area (Å²) in [6.07, 6.45) is -2.36. The van der Waals surface area contributed by atoms with E-state index in [0.29, 0.717) is 5.69 Å². The van der Waals surface area contributed by atoms with Crippen molar-refractivity contribution in [3.05, 3.63) is 23.8 Å². The van der Waals surface area contributed by atoms with E-state index in [0.717, 1.165) is 25.0 Å². The van der Waals surface area contributed by atoms with Gasteiger partial charge in [0.15, 0.2) is 0 Å². The Morgan fingerprint density at radius 2 is 1.94 bits per heavy atom. The van der Waals surface area contributed by atoms with Crippen molar-refractivity contribution in [2.75, 3.05) is 17.7 Å². The zero-order chi connectivity index (χ0) is 13.9. The minimum absolute atomic E-state index is 0.162. The van der Waals surface area contributed by atoms with E-state index in [1.54, 1.807) is 0 Å². The van der Waals surface area contributed by atoms with Gasteiger partial charge >= 0.3 is 6.18 Å². The van der Waals surface area contributed by atoms with E-state index in [1.165, 1.54) is 6.07 Å². The van der Waals surface area contributed by atoms with Gasteiger partial charge in [-0.05, 0) is 31.5 Å². The van der Waals surface area contributed by atoms with Crippen LogP contribution in [0.15, 0.2) is 18.2 Å². The van der Waals surface area contributed by atoms with E-state index in [1.807, 2.05) is 18.9 Å². The standard InChI is InChI=1S/C13H19F3N2/c1-4-5-9(2)18(3)12-7-6-10(8-11(12)17)13(14,15)16/h6-9H,4-5,17H2,1-3H3. The summed E-state index contributed by atoms with van der Waals surface area (Å²) in [5.41, 5.74) is 5.81. The van der Waals surface area contributed by atoms with Gasteiger partial charge in [-0.1, -0.05) is 13.3 Å². The fraction of sp³-hybridized carbons (Fsp3) is 0.538. The summed E-state index contributed by atoms with van der Waals surface area (Å²) in [5.74, 6) is 0. The quantitative estimate of drug-likeness (QED) is 0.831. The van der Waals surface area contributed by atoms with Crippen LogP contribution in [-0.2, 0) is 6.18 Å². The Bertz CT molecular complexity index is 402. The van der Waals surface area contributed by atoms with Crippen LogP contribution in [0.25, 0.3) is 0 Å². The minimum atomic E-state index is -4.35. The van der Waals surface area contributed by atoms with Crippen LogP contribution in [0.3, 0.4) is 0 Å². The summed E-state index contributed by atoms with van der Waals surface area (Å²) in [5, 5.41) is 0. The number of rotatable bonds is 4. The fourth-order valence-corrected chi connectivity index (χ4v) is 1.90. The molecule has 0 heterocycles. The van der Waals surface area contributed by atoms with Crippen LogP contribution in [0.2, 0.25) is 0 Å². The molecule has 0 bridgehead atoms. The molecule has 2 nitrogen and oxygen atoms in total. The van der Waals surface area contributed by atoms with Gasteiger partial charge in [0, 0.05) is 13.1 Å². The average molecular weight is 260 g/mol. The molecule has 1 aromatic carbocycles. The molecule has 1 rings (SSSR count). The lowest BCUT2D eigenvalue weighted by Gasteiger charge is -2.28. The molecule has 5 heteroatoms. The molecule has 0 amide bonds. The Morgan fingerprint density at radius 3 is 2.39 bits per heavy atom. The lowest BCUT2D eigenvalue weighted by Crippen LogP contribution is -2.29. The molecule has 2 N–H and O–H groups in total. The van der Waals surface area contributed by atoms with Gasteiger partial charge in [-0.15, -0.1) is 0 Å². The molecule has 0 fully saturated rings. The molecule has 18 heavy (non-hydrogen) atoms. The molecule has 0 saturated carbocycles. The molecule has 1 atom stereocenters. The highest BCUT2D eigenvalue weighted by atomic mass is 19.4. The topological polar surface area (TPSA) is 29.3 Å². The first-order valence-corrected chi connectivity index (χ1v) is 5.97. The molecule has 0 spiro atoms. The summed E-state index contributed by atoms with van der Waals surface area (Å²) >= 11 is 0. The van der Waals surface area contributed by atoms with E-state index in [4.69, 9.17) is 5.73 Å². The Labute approximate surface area is 106 Å². The molecule has 0 radical (unpaired) electrons. The van der Waals surface area contributed by atoms with E-state index >= 15 is 0 Å². The second-order valence-electron chi connectivity index (χ2n) is 4.52. The van der Waals surface area contributed by atoms with Crippen molar-refractivity contribution in [3.8, 4) is 0 Å². The van der Waals surface area contributed by atoms with Gasteiger partial charge in [0.05, 0.1) is 16.9 Å². The second-order valence-corrected chi connectivity index (χ2v) is 4.52. The highest BCUT2D eigenvalue weighted by molar-refractivity contribution is 5.68. The van der Waals surface area contributed by atoms with Crippen LogP contribution >= 0.6 is 0 Å². The first-order valence-electron chi connectivity index (χ1n) is 5.97. The molecule has 0 aromatic heterocycles. The van der Waals surface area contributed by atoms with Gasteiger partial charge in [0.25, 0.3) is 0 Å². The second kappa shape index (κ2) is 5.50. The molecule has 1 aromatic rings. The van der Waals surface area contributed by atoms with Crippen LogP contribution in [0.1, 0.15) is 32.3 Å². The van der Waals surface area contributed by atoms with Crippen LogP contribution in [-0.4, -0.2) is 13.1 Å². The molecular weight excluding hydrogens is 241 g/mol. The Morgan fingerprint density at radius 1 is 1.33 bits per heavy atom. The Hall–Kier alpha value is -1.39. The first kappa shape index (κ1) is 14.7. The summed E-state index contributed by atoms with van der Waals surface area (Å²) in [4.78, 5) is 1.92. The number of nitrogens with two attached hydrogens (primary N) is 1. The third-order valence-corrected chi connectivity index (χ3v) is 3.10. The molecule has 102 valence electrons. The van der Waals surface area contributed by atoms with Gasteiger partial charge in [-0.2, -0.15) is 13.2 Å². The number of alkyl halides is 3. The number of nitrogen functional groups attached to an aromatic ring is 1. The van der Waals surface area contributed by atoms with Crippen LogP contribution in [0, 0.1) is 0 Å². The molecular formula is C13H19F3N2. The summed E-state index contributed by atoms with van der Waals surface area (Å²) in [7, 11) is 1.85. The molecule has 0 aliphatic carbocycles. The number of hydrogen-bond acceptors (Lipinski definition) is 2. The van der Waals surface area contributed by atoms with Crippen molar-refractivity contribution < 1.29 is 13.2 Å². The summed E-state index contributed by atoms with van der Waals surface area (Å²) in [6, 6.07) is 3.74. The Balaban J connectivity index is 2.99. The van der Waals surface area contributed by atoms with Crippen molar-refractivity contribution in [1.29, 1.82) is 0 Å². The van der Waals surface area contributed by atoms with Crippen molar-refractivity contribution >= 4 is 11.4 Å². The predicted octanol–water partition coefficient (Wildman–Crippen LogP) is 3.91. The van der Waals surface area contributed by atoms with Crippen LogP contribution < -0.4 is 10.6 Å². The van der Waals surface area contributed by atoms with Crippen LogP contribution in [0.4, 0.5) is 24.5 Å². The number of hydrogen-bond donors (Lipinski definition) is 1. The number of benzene rings is 1. The molecule has 0 aliphatic heterocycles. The summed E-state index contributed by atoms with van der Waals surface area (Å²) < 4.78 is 37.5. The number of halogens is 3. The van der Waals surface area contributed by atoms with Gasteiger partial charge in [0.1, 0.15) is 0 Å². The third kappa shape index (κ3) is 3.31. The van der Waals surface area contributed by atoms with Gasteiger partial charge in [-0.25, -0.2) is 0 Å². The summed E-state index contributed by atoms with van der Waals surface area (Å²) in [6.45, 7) is 4.10. The zero-order valence-corrected chi connectivity index (χ0v) is 10.9. The maximum Gasteiger partial charge on any atom is 0.416 e. The molecule has 0 saturated heterocycles. The van der Waals surface area contributed by atoms with E-state index < -0.39 is 11.7 Å². The maximum absolute atomic E-state index is 12.5. The predicted molar refractivity (Wildman–Crippen MR) is 68.6 cm³/mol. The number of anilines is 2. The van der Waals surface area contributed by atoms with E-state index in [2.05, 4.69) is 6.92 Å². The molecule has 0 aliphatic rings.